The van der Waals surface area contributed by atoms with Gasteiger partial charge in [-0.3, -0.25) is 18.2 Å². The minimum atomic E-state index is -5.00. The molecule has 1 saturated heterocycles. The van der Waals surface area contributed by atoms with Crippen molar-refractivity contribution in [1.29, 1.82) is 0 Å². The number of aromatic nitrogens is 6. The Hall–Kier alpha value is -7.04. The van der Waals surface area contributed by atoms with Crippen molar-refractivity contribution in [2.75, 3.05) is 83.7 Å². The normalized spacial score (nSPS) is 13.5. The van der Waals surface area contributed by atoms with E-state index in [9.17, 15) is 62.1 Å². The molecule has 0 bridgehead atoms. The second kappa shape index (κ2) is 21.5. The standard InChI is InChI=1S/C40H42N12O15S4/c53-19-15-51(16-20-54)39-47-35(41-27-7-11-31(12-8-27)68(55,56)57)45-37(49-39)43-29-5-3-25(33(23-29)70(61,62)63)1-2-26-4-6-30(24-34(26)71(64,65)66)44-38-46-36(48-40(50-38)52-17-21-67-22-18-52)42-28-9-13-32(14-10-28)69(58,59)60/h1-14,23-24,53-54H,15-22H2,(H,55,56,57)(H,58,59,60)(H,61,62,63)(H,64,65,66)(H2,41,43,45,47,49)(H2,42,44,46,48,50)/b2-1+. The van der Waals surface area contributed by atoms with Gasteiger partial charge in [0.25, 0.3) is 40.5 Å². The molecule has 0 atom stereocenters. The molecule has 71 heavy (non-hydrogen) atoms. The Morgan fingerprint density at radius 2 is 0.873 bits per heavy atom. The van der Waals surface area contributed by atoms with E-state index in [4.69, 9.17) is 4.74 Å². The van der Waals surface area contributed by atoms with E-state index >= 15 is 0 Å². The Morgan fingerprint density at radius 1 is 0.507 bits per heavy atom. The quantitative estimate of drug-likeness (QED) is 0.0388. The Balaban J connectivity index is 1.17. The first-order valence-corrected chi connectivity index (χ1v) is 26.3. The number of anilines is 10. The zero-order valence-electron chi connectivity index (χ0n) is 36.5. The van der Waals surface area contributed by atoms with Gasteiger partial charge in [0, 0.05) is 48.9 Å². The summed E-state index contributed by atoms with van der Waals surface area (Å²) in [7, 11) is -18.9. The second-order valence-corrected chi connectivity index (χ2v) is 20.5. The van der Waals surface area contributed by atoms with Crippen molar-refractivity contribution in [1.82, 2.24) is 29.9 Å². The van der Waals surface area contributed by atoms with Gasteiger partial charge in [-0.15, -0.1) is 0 Å². The number of hydrogen-bond donors (Lipinski definition) is 10. The minimum Gasteiger partial charge on any atom is -0.395 e. The van der Waals surface area contributed by atoms with Gasteiger partial charge in [-0.05, 0) is 83.9 Å². The van der Waals surface area contributed by atoms with Crippen molar-refractivity contribution in [3.63, 3.8) is 0 Å². The molecule has 31 heteroatoms. The Morgan fingerprint density at radius 3 is 1.24 bits per heavy atom. The molecule has 7 rings (SSSR count). The highest BCUT2D eigenvalue weighted by Crippen LogP contribution is 2.30. The Kier molecular flexibility index (Phi) is 15.7. The van der Waals surface area contributed by atoms with Crippen molar-refractivity contribution >= 4 is 111 Å². The van der Waals surface area contributed by atoms with Gasteiger partial charge >= 0.3 is 0 Å². The summed E-state index contributed by atoms with van der Waals surface area (Å²) in [5.74, 6) is -0.318. The zero-order chi connectivity index (χ0) is 51.1. The molecular formula is C40H42N12O15S4. The molecule has 6 aromatic rings. The van der Waals surface area contributed by atoms with E-state index < -0.39 is 50.3 Å². The van der Waals surface area contributed by atoms with E-state index in [0.29, 0.717) is 32.0 Å². The van der Waals surface area contributed by atoms with Crippen molar-refractivity contribution < 1.29 is 66.8 Å². The highest BCUT2D eigenvalue weighted by Gasteiger charge is 2.22. The maximum absolute atomic E-state index is 12.8. The van der Waals surface area contributed by atoms with Crippen molar-refractivity contribution in [2.24, 2.45) is 0 Å². The molecule has 0 aliphatic carbocycles. The van der Waals surface area contributed by atoms with Crippen LogP contribution in [0.2, 0.25) is 0 Å². The van der Waals surface area contributed by atoms with Gasteiger partial charge in [-0.1, -0.05) is 24.3 Å². The first-order chi connectivity index (χ1) is 33.5. The van der Waals surface area contributed by atoms with Gasteiger partial charge < -0.3 is 46.0 Å². The van der Waals surface area contributed by atoms with E-state index in [-0.39, 0.29) is 100.0 Å². The average molecular weight is 1060 g/mol. The molecule has 10 N–H and O–H groups in total. The van der Waals surface area contributed by atoms with Crippen LogP contribution < -0.4 is 31.1 Å². The van der Waals surface area contributed by atoms with E-state index in [1.165, 1.54) is 65.6 Å². The lowest BCUT2D eigenvalue weighted by Gasteiger charge is -2.27. The summed E-state index contributed by atoms with van der Waals surface area (Å²) in [6.45, 7) is 0.776. The summed E-state index contributed by atoms with van der Waals surface area (Å²) in [4.78, 5) is 27.4. The predicted octanol–water partition coefficient (Wildman–Crippen LogP) is 2.82. The van der Waals surface area contributed by atoms with Crippen molar-refractivity contribution in [2.45, 2.75) is 19.6 Å². The Bertz CT molecular complexity index is 3400. The summed E-state index contributed by atoms with van der Waals surface area (Å²) in [5.41, 5.74) is 0.409. The smallest absolute Gasteiger partial charge is 0.295 e. The molecule has 0 radical (unpaired) electrons. The third kappa shape index (κ3) is 13.9. The van der Waals surface area contributed by atoms with Gasteiger partial charge in [0.05, 0.1) is 36.2 Å². The molecule has 1 aliphatic heterocycles. The number of nitrogens with zero attached hydrogens (tertiary/aromatic N) is 8. The first kappa shape index (κ1) is 51.8. The summed E-state index contributed by atoms with van der Waals surface area (Å²) in [6, 6.07) is 17.3. The highest BCUT2D eigenvalue weighted by atomic mass is 32.2. The van der Waals surface area contributed by atoms with Crippen LogP contribution in [0.25, 0.3) is 12.2 Å². The van der Waals surface area contributed by atoms with Crippen LogP contribution in [0.3, 0.4) is 0 Å². The van der Waals surface area contributed by atoms with Crippen LogP contribution in [0.5, 0.6) is 0 Å². The highest BCUT2D eigenvalue weighted by molar-refractivity contribution is 7.86. The van der Waals surface area contributed by atoms with Gasteiger partial charge in [-0.2, -0.15) is 63.6 Å². The summed E-state index contributed by atoms with van der Waals surface area (Å²) < 4.78 is 142. The molecule has 0 amide bonds. The molecule has 1 fully saturated rings. The first-order valence-electron chi connectivity index (χ1n) is 20.5. The van der Waals surface area contributed by atoms with Crippen LogP contribution in [0, 0.1) is 0 Å². The van der Waals surface area contributed by atoms with E-state index in [1.54, 1.807) is 4.90 Å². The summed E-state index contributed by atoms with van der Waals surface area (Å²) in [6.07, 6.45) is 2.34. The average Bonchev–Trinajstić information content (AvgIpc) is 3.30. The molecule has 2 aromatic heterocycles. The summed E-state index contributed by atoms with van der Waals surface area (Å²) >= 11 is 0. The number of ether oxygens (including phenoxy) is 1. The number of aliphatic hydroxyl groups is 2. The maximum atomic E-state index is 12.8. The van der Waals surface area contributed by atoms with Gasteiger partial charge in [0.15, 0.2) is 0 Å². The fourth-order valence-corrected chi connectivity index (χ4v) is 9.00. The van der Waals surface area contributed by atoms with Crippen LogP contribution in [-0.2, 0) is 45.2 Å². The zero-order valence-corrected chi connectivity index (χ0v) is 39.7. The second-order valence-electron chi connectivity index (χ2n) is 14.9. The molecule has 0 unspecified atom stereocenters. The number of aliphatic hydroxyl groups excluding tert-OH is 2. The third-order valence-corrected chi connectivity index (χ3v) is 13.5. The number of nitrogens with one attached hydrogen (secondary N) is 4. The maximum Gasteiger partial charge on any atom is 0.295 e. The molecule has 4 aromatic carbocycles. The number of morpholine rings is 1. The van der Waals surface area contributed by atoms with Crippen LogP contribution in [-0.4, -0.2) is 145 Å². The monoisotopic (exact) mass is 1060 g/mol. The van der Waals surface area contributed by atoms with Crippen molar-refractivity contribution in [3.05, 3.63) is 96.1 Å². The van der Waals surface area contributed by atoms with Gasteiger partial charge in [0.2, 0.25) is 35.7 Å². The molecule has 376 valence electrons. The van der Waals surface area contributed by atoms with Gasteiger partial charge in [-0.25, -0.2) is 0 Å². The molecule has 3 heterocycles. The molecule has 1 aliphatic rings. The molecular weight excluding hydrogens is 1020 g/mol. The van der Waals surface area contributed by atoms with Crippen LogP contribution in [0.4, 0.5) is 58.4 Å². The molecule has 27 nitrogen and oxygen atoms in total. The molecule has 0 spiro atoms. The predicted molar refractivity (Wildman–Crippen MR) is 256 cm³/mol. The van der Waals surface area contributed by atoms with E-state index in [0.717, 1.165) is 36.4 Å². The lowest BCUT2D eigenvalue weighted by Crippen LogP contribution is -2.37. The lowest BCUT2D eigenvalue weighted by atomic mass is 10.1. The summed E-state index contributed by atoms with van der Waals surface area (Å²) in [5, 5.41) is 30.8. The van der Waals surface area contributed by atoms with Crippen LogP contribution >= 0.6 is 0 Å². The van der Waals surface area contributed by atoms with E-state index in [2.05, 4.69) is 51.2 Å². The number of rotatable bonds is 20. The van der Waals surface area contributed by atoms with Crippen molar-refractivity contribution in [3.8, 4) is 0 Å². The Labute approximate surface area is 405 Å². The topological polar surface area (TPSA) is 399 Å². The third-order valence-electron chi connectivity index (χ3n) is 9.92. The van der Waals surface area contributed by atoms with E-state index in [1.807, 2.05) is 0 Å². The lowest BCUT2D eigenvalue weighted by molar-refractivity contribution is 0.122. The van der Waals surface area contributed by atoms with Crippen LogP contribution in [0.15, 0.2) is 105 Å². The largest absolute Gasteiger partial charge is 0.395 e. The number of hydrogen-bond acceptors (Lipinski definition) is 23. The fraction of sp³-hybridized carbons (Fsp3) is 0.200. The SMILES string of the molecule is O=S(=O)(O)c1ccc(Nc2nc(Nc3ccc(/C=C/c4ccc(Nc5nc(Nc6ccc(S(=O)(=O)O)cc6)nc(N6CCOCC6)n5)cc4S(=O)(=O)O)c(S(=O)(=O)O)c3)nc(N(CCO)CCO)n2)cc1. The fourth-order valence-electron chi connectivity index (χ4n) is 6.62. The number of benzene rings is 4. The minimum absolute atomic E-state index is 0.00354. The van der Waals surface area contributed by atoms with Crippen LogP contribution in [0.1, 0.15) is 11.1 Å². The molecule has 0 saturated carbocycles. The van der Waals surface area contributed by atoms with Gasteiger partial charge in [0.1, 0.15) is 9.79 Å².